The summed E-state index contributed by atoms with van der Waals surface area (Å²) in [5.41, 5.74) is 1.54. The number of ether oxygens (including phenoxy) is 1. The van der Waals surface area contributed by atoms with Gasteiger partial charge in [-0.05, 0) is 28.9 Å². The minimum atomic E-state index is -0.0798. The minimum absolute atomic E-state index is 0.0798. The second-order valence-electron chi connectivity index (χ2n) is 5.65. The highest BCUT2D eigenvalue weighted by atomic mass is 79.9. The van der Waals surface area contributed by atoms with Gasteiger partial charge in [0.25, 0.3) is 5.91 Å². The number of benzene rings is 1. The van der Waals surface area contributed by atoms with Crippen LogP contribution in [0.4, 0.5) is 0 Å². The van der Waals surface area contributed by atoms with Gasteiger partial charge in [0, 0.05) is 36.6 Å². The molecule has 2 heterocycles. The molecule has 3 rings (SSSR count). The van der Waals surface area contributed by atoms with E-state index in [0.29, 0.717) is 5.69 Å². The van der Waals surface area contributed by atoms with E-state index in [9.17, 15) is 4.79 Å². The molecule has 1 unspecified atom stereocenters. The molecule has 1 aliphatic heterocycles. The van der Waals surface area contributed by atoms with Crippen LogP contribution in [-0.4, -0.2) is 54.7 Å². The number of carbonyl (C=O) groups is 1. The van der Waals surface area contributed by atoms with Gasteiger partial charge in [0.15, 0.2) is 0 Å². The Labute approximate surface area is 138 Å². The van der Waals surface area contributed by atoms with Crippen molar-refractivity contribution in [2.24, 2.45) is 0 Å². The van der Waals surface area contributed by atoms with E-state index >= 15 is 0 Å². The number of nitrogens with zero attached hydrogens (tertiary/aromatic N) is 1. The second-order valence-corrected chi connectivity index (χ2v) is 6.44. The van der Waals surface area contributed by atoms with Crippen LogP contribution in [0.2, 0.25) is 0 Å². The molecule has 0 bridgehead atoms. The quantitative estimate of drug-likeness (QED) is 0.874. The van der Waals surface area contributed by atoms with E-state index < -0.39 is 0 Å². The lowest BCUT2D eigenvalue weighted by Gasteiger charge is -2.29. The van der Waals surface area contributed by atoms with E-state index in [1.165, 1.54) is 0 Å². The minimum Gasteiger partial charge on any atom is -0.379 e. The molecule has 6 heteroatoms. The zero-order valence-corrected chi connectivity index (χ0v) is 14.1. The summed E-state index contributed by atoms with van der Waals surface area (Å²) in [6, 6.07) is 7.96. The van der Waals surface area contributed by atoms with Gasteiger partial charge >= 0.3 is 0 Å². The number of hydrogen-bond acceptors (Lipinski definition) is 3. The van der Waals surface area contributed by atoms with Crippen molar-refractivity contribution in [1.82, 2.24) is 15.2 Å². The average molecular weight is 366 g/mol. The van der Waals surface area contributed by atoms with Crippen molar-refractivity contribution >= 4 is 32.7 Å². The molecule has 0 saturated carbocycles. The third-order valence-corrected chi connectivity index (χ3v) is 4.71. The van der Waals surface area contributed by atoms with Crippen molar-refractivity contribution in [2.45, 2.75) is 13.0 Å². The van der Waals surface area contributed by atoms with Crippen LogP contribution in [0.15, 0.2) is 28.7 Å². The highest BCUT2D eigenvalue weighted by Gasteiger charge is 2.19. The van der Waals surface area contributed by atoms with Gasteiger partial charge in [-0.25, -0.2) is 0 Å². The van der Waals surface area contributed by atoms with Crippen molar-refractivity contribution in [3.8, 4) is 0 Å². The van der Waals surface area contributed by atoms with Crippen LogP contribution >= 0.6 is 15.9 Å². The maximum Gasteiger partial charge on any atom is 0.269 e. The number of H-pyrrole nitrogens is 1. The predicted octanol–water partition coefficient (Wildman–Crippen LogP) is 2.38. The van der Waals surface area contributed by atoms with Crippen molar-refractivity contribution in [3.63, 3.8) is 0 Å². The smallest absolute Gasteiger partial charge is 0.269 e. The van der Waals surface area contributed by atoms with Crippen molar-refractivity contribution in [3.05, 3.63) is 34.4 Å². The van der Waals surface area contributed by atoms with Gasteiger partial charge in [0.05, 0.1) is 17.7 Å². The molecular weight excluding hydrogens is 346 g/mol. The highest BCUT2D eigenvalue weighted by Crippen LogP contribution is 2.27. The molecule has 2 aromatic rings. The van der Waals surface area contributed by atoms with Crippen molar-refractivity contribution in [1.29, 1.82) is 0 Å². The van der Waals surface area contributed by atoms with Crippen LogP contribution in [0.5, 0.6) is 0 Å². The Morgan fingerprint density at radius 1 is 1.41 bits per heavy atom. The molecule has 1 fully saturated rings. The summed E-state index contributed by atoms with van der Waals surface area (Å²) < 4.78 is 6.16. The van der Waals surface area contributed by atoms with Crippen LogP contribution in [0, 0.1) is 0 Å². The molecule has 1 aliphatic rings. The summed E-state index contributed by atoms with van der Waals surface area (Å²) in [4.78, 5) is 18.0. The zero-order valence-electron chi connectivity index (χ0n) is 12.6. The maximum absolute atomic E-state index is 12.5. The first kappa shape index (κ1) is 15.5. The number of halogens is 1. The summed E-state index contributed by atoms with van der Waals surface area (Å²) in [7, 11) is 0. The third-order valence-electron chi connectivity index (χ3n) is 3.88. The molecule has 1 atom stereocenters. The molecule has 5 nitrogen and oxygen atoms in total. The van der Waals surface area contributed by atoms with Crippen LogP contribution < -0.4 is 5.32 Å². The third kappa shape index (κ3) is 3.34. The molecule has 22 heavy (non-hydrogen) atoms. The Hall–Kier alpha value is -1.37. The van der Waals surface area contributed by atoms with E-state index in [2.05, 4.69) is 31.1 Å². The summed E-state index contributed by atoms with van der Waals surface area (Å²) in [5, 5.41) is 4.08. The topological polar surface area (TPSA) is 57.4 Å². The van der Waals surface area contributed by atoms with Gasteiger partial charge in [-0.15, -0.1) is 0 Å². The fourth-order valence-electron chi connectivity index (χ4n) is 2.78. The Balaban J connectivity index is 1.66. The van der Waals surface area contributed by atoms with Crippen molar-refractivity contribution < 1.29 is 9.53 Å². The van der Waals surface area contributed by atoms with Gasteiger partial charge in [0.1, 0.15) is 5.69 Å². The predicted molar refractivity (Wildman–Crippen MR) is 90.2 cm³/mol. The average Bonchev–Trinajstić information content (AvgIpc) is 2.86. The summed E-state index contributed by atoms with van der Waals surface area (Å²) >= 11 is 3.52. The molecule has 1 saturated heterocycles. The van der Waals surface area contributed by atoms with Gasteiger partial charge in [-0.1, -0.05) is 18.2 Å². The molecule has 0 radical (unpaired) electrons. The summed E-state index contributed by atoms with van der Waals surface area (Å²) in [6.07, 6.45) is 0. The number of morpholine rings is 1. The van der Waals surface area contributed by atoms with E-state index in [-0.39, 0.29) is 11.9 Å². The number of amides is 1. The van der Waals surface area contributed by atoms with Gasteiger partial charge in [0.2, 0.25) is 0 Å². The normalized spacial score (nSPS) is 17.5. The molecule has 1 amide bonds. The number of rotatable bonds is 4. The second kappa shape index (κ2) is 6.81. The van der Waals surface area contributed by atoms with Crippen molar-refractivity contribution in [2.75, 3.05) is 32.8 Å². The maximum atomic E-state index is 12.5. The number of aromatic amines is 1. The van der Waals surface area contributed by atoms with Gasteiger partial charge in [-0.2, -0.15) is 0 Å². The fraction of sp³-hybridized carbons (Fsp3) is 0.438. The van der Waals surface area contributed by atoms with E-state index in [0.717, 1.165) is 48.2 Å². The molecule has 0 aliphatic carbocycles. The first-order chi connectivity index (χ1) is 10.6. The van der Waals surface area contributed by atoms with E-state index in [1.54, 1.807) is 0 Å². The number of nitrogens with one attached hydrogen (secondary N) is 2. The molecule has 0 spiro atoms. The fourth-order valence-corrected chi connectivity index (χ4v) is 3.40. The summed E-state index contributed by atoms with van der Waals surface area (Å²) in [6.45, 7) is 6.27. The summed E-state index contributed by atoms with van der Waals surface area (Å²) in [5.74, 6) is -0.0798. The largest absolute Gasteiger partial charge is 0.379 e. The van der Waals surface area contributed by atoms with Crippen LogP contribution in [-0.2, 0) is 4.74 Å². The first-order valence-electron chi connectivity index (χ1n) is 7.52. The number of hydrogen-bond donors (Lipinski definition) is 2. The lowest BCUT2D eigenvalue weighted by Crippen LogP contribution is -2.46. The van der Waals surface area contributed by atoms with Crippen LogP contribution in [0.25, 0.3) is 10.9 Å². The first-order valence-corrected chi connectivity index (χ1v) is 8.31. The number of fused-ring (bicyclic) bond motifs is 1. The Morgan fingerprint density at radius 3 is 2.86 bits per heavy atom. The van der Waals surface area contributed by atoms with E-state index in [1.807, 2.05) is 31.2 Å². The molecular formula is C16H20BrN3O2. The Bertz CT molecular complexity index is 664. The highest BCUT2D eigenvalue weighted by molar-refractivity contribution is 9.10. The molecule has 1 aromatic carbocycles. The van der Waals surface area contributed by atoms with Gasteiger partial charge in [-0.3, -0.25) is 9.69 Å². The lowest BCUT2D eigenvalue weighted by molar-refractivity contribution is 0.0342. The van der Waals surface area contributed by atoms with Gasteiger partial charge < -0.3 is 15.0 Å². The molecule has 118 valence electrons. The Kier molecular flexibility index (Phi) is 4.81. The van der Waals surface area contributed by atoms with Crippen LogP contribution in [0.1, 0.15) is 17.4 Å². The Morgan fingerprint density at radius 2 is 2.14 bits per heavy atom. The van der Waals surface area contributed by atoms with E-state index in [4.69, 9.17) is 4.74 Å². The number of carbonyl (C=O) groups excluding carboxylic acids is 1. The number of para-hydroxylation sites is 1. The van der Waals surface area contributed by atoms with Crippen LogP contribution in [0.3, 0.4) is 0 Å². The lowest BCUT2D eigenvalue weighted by atomic mass is 10.2. The number of aromatic nitrogens is 1. The zero-order chi connectivity index (χ0) is 15.5. The SMILES string of the molecule is CC(CN1CCOCC1)NC(=O)c1[nH]c2ccccc2c1Br. The standard InChI is InChI=1S/C16H20BrN3O2/c1-11(10-20-6-8-22-9-7-20)18-16(21)15-14(17)12-4-2-3-5-13(12)19-15/h2-5,11,19H,6-10H2,1H3,(H,18,21). The molecule has 1 aromatic heterocycles. The molecule has 2 N–H and O–H groups in total. The monoisotopic (exact) mass is 365 g/mol.